The van der Waals surface area contributed by atoms with E-state index in [2.05, 4.69) is 4.98 Å². The van der Waals surface area contributed by atoms with Gasteiger partial charge in [-0.05, 0) is 17.8 Å². The van der Waals surface area contributed by atoms with Crippen LogP contribution in [0.25, 0.3) is 11.3 Å². The van der Waals surface area contributed by atoms with E-state index < -0.39 is 0 Å². The smallest absolute Gasteiger partial charge is 0.223 e. The van der Waals surface area contributed by atoms with Crippen molar-refractivity contribution >= 4 is 18.1 Å². The van der Waals surface area contributed by atoms with Gasteiger partial charge in [-0.15, -0.1) is 0 Å². The van der Waals surface area contributed by atoms with Crippen LogP contribution in [0.1, 0.15) is 6.42 Å². The van der Waals surface area contributed by atoms with Crippen molar-refractivity contribution in [3.8, 4) is 11.3 Å². The van der Waals surface area contributed by atoms with Gasteiger partial charge in [0.1, 0.15) is 0 Å². The first-order chi connectivity index (χ1) is 9.09. The summed E-state index contributed by atoms with van der Waals surface area (Å²) in [6.07, 6.45) is 2.33. The normalized spacial score (nSPS) is 10.4. The van der Waals surface area contributed by atoms with Crippen molar-refractivity contribution in [3.05, 3.63) is 41.3 Å². The summed E-state index contributed by atoms with van der Waals surface area (Å²) in [5.41, 5.74) is 2.10. The first-order valence-corrected chi connectivity index (χ1v) is 6.54. The zero-order valence-corrected chi connectivity index (χ0v) is 11.9. The van der Waals surface area contributed by atoms with Crippen molar-refractivity contribution in [1.82, 2.24) is 14.5 Å². The lowest BCUT2D eigenvalue weighted by Crippen LogP contribution is -2.23. The highest BCUT2D eigenvalue weighted by atomic mass is 32.1. The first-order valence-electron chi connectivity index (χ1n) is 6.13. The van der Waals surface area contributed by atoms with Gasteiger partial charge in [0.15, 0.2) is 4.77 Å². The molecule has 1 N–H and O–H groups in total. The van der Waals surface area contributed by atoms with Gasteiger partial charge in [0, 0.05) is 33.3 Å². The Bertz CT molecular complexity index is 613. The van der Waals surface area contributed by atoms with Crippen LogP contribution < -0.4 is 0 Å². The highest BCUT2D eigenvalue weighted by molar-refractivity contribution is 7.71. The molecule has 1 aromatic heterocycles. The molecule has 1 heterocycles. The number of aromatic nitrogens is 2. The van der Waals surface area contributed by atoms with E-state index >= 15 is 0 Å². The van der Waals surface area contributed by atoms with Gasteiger partial charge in [0.05, 0.1) is 5.69 Å². The largest absolute Gasteiger partial charge is 0.349 e. The predicted octanol–water partition coefficient (Wildman–Crippen LogP) is 2.69. The third-order valence-electron chi connectivity index (χ3n) is 2.99. The third kappa shape index (κ3) is 3.12. The number of amides is 1. The second-order valence-electron chi connectivity index (χ2n) is 4.53. The summed E-state index contributed by atoms with van der Waals surface area (Å²) in [5.74, 6) is 0.0992. The van der Waals surface area contributed by atoms with Gasteiger partial charge in [0.2, 0.25) is 5.91 Å². The molecule has 0 aliphatic heterocycles. The average molecular weight is 275 g/mol. The highest BCUT2D eigenvalue weighted by Gasteiger charge is 2.09. The zero-order chi connectivity index (χ0) is 13.8. The van der Waals surface area contributed by atoms with Crippen LogP contribution in [0.2, 0.25) is 0 Å². The minimum Gasteiger partial charge on any atom is -0.349 e. The van der Waals surface area contributed by atoms with Crippen molar-refractivity contribution in [2.24, 2.45) is 0 Å². The van der Waals surface area contributed by atoms with Gasteiger partial charge >= 0.3 is 0 Å². The van der Waals surface area contributed by atoms with E-state index in [4.69, 9.17) is 12.2 Å². The molecule has 2 rings (SSSR count). The molecule has 0 atom stereocenters. The molecule has 0 aliphatic rings. The lowest BCUT2D eigenvalue weighted by molar-refractivity contribution is -0.128. The number of nitrogens with zero attached hydrogens (tertiary/aromatic N) is 2. The Kier molecular flexibility index (Phi) is 4.16. The number of carbonyl (C=O) groups excluding carboxylic acids is 1. The van der Waals surface area contributed by atoms with Gasteiger partial charge in [-0.3, -0.25) is 4.79 Å². The summed E-state index contributed by atoms with van der Waals surface area (Å²) >= 11 is 5.27. The predicted molar refractivity (Wildman–Crippen MR) is 78.4 cm³/mol. The van der Waals surface area contributed by atoms with Crippen molar-refractivity contribution in [1.29, 1.82) is 0 Å². The molecule has 0 saturated heterocycles. The number of hydrogen-bond acceptors (Lipinski definition) is 2. The van der Waals surface area contributed by atoms with Crippen LogP contribution >= 0.6 is 12.2 Å². The Morgan fingerprint density at radius 3 is 2.63 bits per heavy atom. The standard InChI is InChI=1S/C14H17N3OS/c1-16(2)13(18)8-9-17-12(10-15-14(17)19)11-6-4-3-5-7-11/h3-7,10H,8-9H2,1-2H3,(H,15,19). The number of imidazole rings is 1. The maximum absolute atomic E-state index is 11.7. The molecule has 0 radical (unpaired) electrons. The van der Waals surface area contributed by atoms with Gasteiger partial charge < -0.3 is 14.5 Å². The van der Waals surface area contributed by atoms with E-state index in [0.29, 0.717) is 17.7 Å². The SMILES string of the molecule is CN(C)C(=O)CCn1c(-c2ccccc2)c[nH]c1=S. The minimum absolute atomic E-state index is 0.0992. The lowest BCUT2D eigenvalue weighted by Gasteiger charge is -2.12. The summed E-state index contributed by atoms with van der Waals surface area (Å²) in [6.45, 7) is 0.587. The van der Waals surface area contributed by atoms with Crippen molar-refractivity contribution in [3.63, 3.8) is 0 Å². The van der Waals surface area contributed by atoms with E-state index in [1.807, 2.05) is 41.1 Å². The molecule has 0 fully saturated rings. The summed E-state index contributed by atoms with van der Waals surface area (Å²) in [5, 5.41) is 0. The van der Waals surface area contributed by atoms with Crippen LogP contribution in [-0.4, -0.2) is 34.5 Å². The monoisotopic (exact) mass is 275 g/mol. The number of hydrogen-bond donors (Lipinski definition) is 1. The molecule has 19 heavy (non-hydrogen) atoms. The Labute approximate surface area is 117 Å². The Hall–Kier alpha value is -1.88. The molecule has 0 aliphatic carbocycles. The summed E-state index contributed by atoms with van der Waals surface area (Å²) in [6, 6.07) is 10.0. The Morgan fingerprint density at radius 1 is 1.32 bits per heavy atom. The topological polar surface area (TPSA) is 41.0 Å². The Morgan fingerprint density at radius 2 is 2.00 bits per heavy atom. The van der Waals surface area contributed by atoms with Crippen LogP contribution in [0.3, 0.4) is 0 Å². The van der Waals surface area contributed by atoms with Crippen LogP contribution in [0.4, 0.5) is 0 Å². The van der Waals surface area contributed by atoms with Crippen LogP contribution in [0.5, 0.6) is 0 Å². The minimum atomic E-state index is 0.0992. The van der Waals surface area contributed by atoms with Crippen molar-refractivity contribution in [2.45, 2.75) is 13.0 Å². The van der Waals surface area contributed by atoms with Crippen LogP contribution in [-0.2, 0) is 11.3 Å². The molecule has 0 saturated carbocycles. The number of aromatic amines is 1. The molecule has 5 heteroatoms. The van der Waals surface area contributed by atoms with Crippen molar-refractivity contribution in [2.75, 3.05) is 14.1 Å². The van der Waals surface area contributed by atoms with E-state index in [0.717, 1.165) is 11.3 Å². The highest BCUT2D eigenvalue weighted by Crippen LogP contribution is 2.19. The van der Waals surface area contributed by atoms with E-state index in [1.165, 1.54) is 0 Å². The second kappa shape index (κ2) is 5.84. The van der Waals surface area contributed by atoms with E-state index in [-0.39, 0.29) is 5.91 Å². The maximum Gasteiger partial charge on any atom is 0.223 e. The van der Waals surface area contributed by atoms with Crippen LogP contribution in [0.15, 0.2) is 36.5 Å². The van der Waals surface area contributed by atoms with Gasteiger partial charge in [-0.25, -0.2) is 0 Å². The van der Waals surface area contributed by atoms with Gasteiger partial charge in [0.25, 0.3) is 0 Å². The zero-order valence-electron chi connectivity index (χ0n) is 11.1. The van der Waals surface area contributed by atoms with Gasteiger partial charge in [-0.2, -0.15) is 0 Å². The fourth-order valence-corrected chi connectivity index (χ4v) is 2.15. The van der Waals surface area contributed by atoms with Crippen LogP contribution in [0, 0.1) is 4.77 Å². The third-order valence-corrected chi connectivity index (χ3v) is 3.32. The molecule has 1 aromatic carbocycles. The van der Waals surface area contributed by atoms with Gasteiger partial charge in [-0.1, -0.05) is 30.3 Å². The molecule has 0 bridgehead atoms. The molecular weight excluding hydrogens is 258 g/mol. The number of rotatable bonds is 4. The quantitative estimate of drug-likeness (QED) is 0.872. The van der Waals surface area contributed by atoms with Crippen molar-refractivity contribution < 1.29 is 4.79 Å². The number of nitrogens with one attached hydrogen (secondary N) is 1. The molecular formula is C14H17N3OS. The molecule has 4 nitrogen and oxygen atoms in total. The average Bonchev–Trinajstić information content (AvgIpc) is 2.78. The summed E-state index contributed by atoms with van der Waals surface area (Å²) in [4.78, 5) is 16.3. The lowest BCUT2D eigenvalue weighted by atomic mass is 10.2. The van der Waals surface area contributed by atoms with E-state index in [9.17, 15) is 4.79 Å². The number of H-pyrrole nitrogens is 1. The molecule has 2 aromatic rings. The molecule has 0 spiro atoms. The fourth-order valence-electron chi connectivity index (χ4n) is 1.90. The molecule has 1 amide bonds. The number of carbonyl (C=O) groups is 1. The second-order valence-corrected chi connectivity index (χ2v) is 4.92. The molecule has 0 unspecified atom stereocenters. The Balaban J connectivity index is 2.24. The fraction of sp³-hybridized carbons (Fsp3) is 0.286. The first kappa shape index (κ1) is 13.5. The molecule has 100 valence electrons. The summed E-state index contributed by atoms with van der Waals surface area (Å²) in [7, 11) is 3.52. The van der Waals surface area contributed by atoms with E-state index in [1.54, 1.807) is 19.0 Å². The number of benzene rings is 1. The summed E-state index contributed by atoms with van der Waals surface area (Å²) < 4.78 is 2.61. The maximum atomic E-state index is 11.7.